The first-order chi connectivity index (χ1) is 12.7. The van der Waals surface area contributed by atoms with Gasteiger partial charge in [-0.1, -0.05) is 24.3 Å². The van der Waals surface area contributed by atoms with E-state index in [-0.39, 0.29) is 12.6 Å². The number of rotatable bonds is 7. The molecule has 3 rings (SSSR count). The number of benzene rings is 2. The number of nitrogens with zero attached hydrogens (tertiary/aromatic N) is 2. The first-order valence-electron chi connectivity index (χ1n) is 8.24. The predicted molar refractivity (Wildman–Crippen MR) is 100 cm³/mol. The van der Waals surface area contributed by atoms with Crippen LogP contribution in [0.15, 0.2) is 48.5 Å². The second-order valence-corrected chi connectivity index (χ2v) is 5.61. The maximum absolute atomic E-state index is 11.5. The Kier molecular flexibility index (Phi) is 5.60. The molecule has 3 aromatic rings. The molecule has 134 valence electrons. The zero-order chi connectivity index (χ0) is 18.4. The molecule has 0 atom stereocenters. The van der Waals surface area contributed by atoms with Crippen molar-refractivity contribution in [3.63, 3.8) is 0 Å². The molecule has 0 amide bonds. The van der Waals surface area contributed by atoms with Gasteiger partial charge >= 0.3 is 5.97 Å². The smallest absolute Gasteiger partial charge is 0.337 e. The van der Waals surface area contributed by atoms with Crippen LogP contribution in [-0.4, -0.2) is 41.3 Å². The van der Waals surface area contributed by atoms with E-state index in [0.717, 1.165) is 16.5 Å². The highest BCUT2D eigenvalue weighted by Gasteiger charge is 2.08. The van der Waals surface area contributed by atoms with Gasteiger partial charge in [-0.15, -0.1) is 0 Å². The lowest BCUT2D eigenvalue weighted by Crippen LogP contribution is -2.10. The van der Waals surface area contributed by atoms with Crippen LogP contribution in [0.1, 0.15) is 15.9 Å². The lowest BCUT2D eigenvalue weighted by molar-refractivity contribution is 0.0600. The minimum absolute atomic E-state index is 0.0215. The number of ether oxygens (including phenoxy) is 1. The molecular weight excluding hydrogens is 332 g/mol. The average molecular weight is 352 g/mol. The fourth-order valence-corrected chi connectivity index (χ4v) is 2.52. The first kappa shape index (κ1) is 17.6. The van der Waals surface area contributed by atoms with Crippen LogP contribution in [0.4, 0.5) is 11.8 Å². The zero-order valence-electron chi connectivity index (χ0n) is 14.4. The second-order valence-electron chi connectivity index (χ2n) is 5.61. The number of anilines is 2. The zero-order valence-corrected chi connectivity index (χ0v) is 14.4. The van der Waals surface area contributed by atoms with Gasteiger partial charge in [-0.2, -0.15) is 4.98 Å². The molecule has 0 radical (unpaired) electrons. The van der Waals surface area contributed by atoms with Gasteiger partial charge in [-0.05, 0) is 29.8 Å². The number of methoxy groups -OCH3 is 1. The number of aromatic nitrogens is 2. The van der Waals surface area contributed by atoms with Gasteiger partial charge in [0.2, 0.25) is 5.95 Å². The van der Waals surface area contributed by atoms with E-state index in [1.54, 1.807) is 12.1 Å². The van der Waals surface area contributed by atoms with Crippen molar-refractivity contribution < 1.29 is 14.6 Å². The summed E-state index contributed by atoms with van der Waals surface area (Å²) in [6.07, 6.45) is 0. The van der Waals surface area contributed by atoms with Gasteiger partial charge in [0.25, 0.3) is 0 Å². The number of fused-ring (bicyclic) bond motifs is 1. The van der Waals surface area contributed by atoms with Crippen molar-refractivity contribution in [1.29, 1.82) is 0 Å². The van der Waals surface area contributed by atoms with Crippen LogP contribution in [0.3, 0.4) is 0 Å². The summed E-state index contributed by atoms with van der Waals surface area (Å²) in [5.74, 6) is 0.802. The highest BCUT2D eigenvalue weighted by atomic mass is 16.5. The molecule has 0 aliphatic carbocycles. The number of hydrogen-bond donors (Lipinski definition) is 3. The van der Waals surface area contributed by atoms with Crippen molar-refractivity contribution >= 4 is 28.6 Å². The Morgan fingerprint density at radius 3 is 2.58 bits per heavy atom. The van der Waals surface area contributed by atoms with E-state index in [1.807, 2.05) is 36.4 Å². The Bertz CT molecular complexity index is 897. The van der Waals surface area contributed by atoms with Gasteiger partial charge in [0.1, 0.15) is 5.82 Å². The van der Waals surface area contributed by atoms with Crippen LogP contribution >= 0.6 is 0 Å². The van der Waals surface area contributed by atoms with E-state index >= 15 is 0 Å². The van der Waals surface area contributed by atoms with Crippen molar-refractivity contribution in [3.05, 3.63) is 59.7 Å². The molecule has 0 unspecified atom stereocenters. The van der Waals surface area contributed by atoms with E-state index in [2.05, 4.69) is 20.6 Å². The number of hydrogen-bond acceptors (Lipinski definition) is 7. The van der Waals surface area contributed by atoms with Crippen molar-refractivity contribution in [2.45, 2.75) is 6.54 Å². The fourth-order valence-electron chi connectivity index (χ4n) is 2.52. The van der Waals surface area contributed by atoms with Crippen molar-refractivity contribution in [1.82, 2.24) is 9.97 Å². The summed E-state index contributed by atoms with van der Waals surface area (Å²) in [5, 5.41) is 16.2. The molecule has 0 fully saturated rings. The molecule has 0 saturated heterocycles. The summed E-state index contributed by atoms with van der Waals surface area (Å²) < 4.78 is 4.69. The average Bonchev–Trinajstić information content (AvgIpc) is 2.70. The lowest BCUT2D eigenvalue weighted by Gasteiger charge is -2.11. The van der Waals surface area contributed by atoms with Crippen molar-refractivity contribution in [2.75, 3.05) is 30.9 Å². The topological polar surface area (TPSA) is 96.4 Å². The quantitative estimate of drug-likeness (QED) is 0.562. The van der Waals surface area contributed by atoms with Crippen molar-refractivity contribution in [2.24, 2.45) is 0 Å². The molecule has 1 aromatic heterocycles. The third kappa shape index (κ3) is 4.07. The van der Waals surface area contributed by atoms with Crippen LogP contribution in [0.25, 0.3) is 10.9 Å². The Morgan fingerprint density at radius 1 is 1.08 bits per heavy atom. The summed E-state index contributed by atoms with van der Waals surface area (Å²) in [5.41, 5.74) is 2.31. The van der Waals surface area contributed by atoms with Crippen LogP contribution < -0.4 is 10.6 Å². The summed E-state index contributed by atoms with van der Waals surface area (Å²) in [7, 11) is 1.36. The Hall–Kier alpha value is -3.19. The number of nitrogens with one attached hydrogen (secondary N) is 2. The summed E-state index contributed by atoms with van der Waals surface area (Å²) in [6, 6.07) is 14.8. The van der Waals surface area contributed by atoms with Crippen LogP contribution in [0.2, 0.25) is 0 Å². The molecule has 0 aliphatic rings. The van der Waals surface area contributed by atoms with Gasteiger partial charge in [0.15, 0.2) is 0 Å². The van der Waals surface area contributed by atoms with Gasteiger partial charge in [0, 0.05) is 18.5 Å². The fraction of sp³-hybridized carbons (Fsp3) is 0.211. The molecule has 0 aliphatic heterocycles. The molecule has 0 bridgehead atoms. The number of carbonyl (C=O) groups is 1. The third-order valence-corrected chi connectivity index (χ3v) is 3.83. The minimum atomic E-state index is -0.359. The predicted octanol–water partition coefficient (Wildman–Crippen LogP) is 2.43. The van der Waals surface area contributed by atoms with Crippen LogP contribution in [0, 0.1) is 0 Å². The summed E-state index contributed by atoms with van der Waals surface area (Å²) in [4.78, 5) is 20.5. The number of para-hydroxylation sites is 1. The third-order valence-electron chi connectivity index (χ3n) is 3.83. The number of carbonyl (C=O) groups excluding carboxylic acids is 1. The highest BCUT2D eigenvalue weighted by Crippen LogP contribution is 2.22. The monoisotopic (exact) mass is 352 g/mol. The van der Waals surface area contributed by atoms with Gasteiger partial charge in [-0.3, -0.25) is 0 Å². The molecular formula is C19H20N4O3. The SMILES string of the molecule is COC(=O)c1ccc(CNc2nc(NCCO)c3ccccc3n2)cc1. The summed E-state index contributed by atoms with van der Waals surface area (Å²) in [6.45, 7) is 0.947. The van der Waals surface area contributed by atoms with Crippen LogP contribution in [0.5, 0.6) is 0 Å². The normalized spacial score (nSPS) is 10.5. The van der Waals surface area contributed by atoms with Crippen molar-refractivity contribution in [3.8, 4) is 0 Å². The lowest BCUT2D eigenvalue weighted by atomic mass is 10.1. The van der Waals surface area contributed by atoms with Gasteiger partial charge < -0.3 is 20.5 Å². The Morgan fingerprint density at radius 2 is 1.85 bits per heavy atom. The number of esters is 1. The van der Waals surface area contributed by atoms with Crippen LogP contribution in [-0.2, 0) is 11.3 Å². The van der Waals surface area contributed by atoms with E-state index < -0.39 is 0 Å². The Labute approximate surface area is 151 Å². The minimum Gasteiger partial charge on any atom is -0.465 e. The second kappa shape index (κ2) is 8.26. The van der Waals surface area contributed by atoms with E-state index in [1.165, 1.54) is 7.11 Å². The Balaban J connectivity index is 1.77. The molecule has 0 spiro atoms. The van der Waals surface area contributed by atoms with E-state index in [9.17, 15) is 4.79 Å². The number of aliphatic hydroxyl groups excluding tert-OH is 1. The maximum atomic E-state index is 11.5. The number of aliphatic hydroxyl groups is 1. The van der Waals surface area contributed by atoms with Gasteiger partial charge in [-0.25, -0.2) is 9.78 Å². The van der Waals surface area contributed by atoms with Gasteiger partial charge in [0.05, 0.1) is 24.8 Å². The molecule has 1 heterocycles. The molecule has 7 heteroatoms. The molecule has 3 N–H and O–H groups in total. The summed E-state index contributed by atoms with van der Waals surface area (Å²) >= 11 is 0. The highest BCUT2D eigenvalue weighted by molar-refractivity contribution is 5.90. The molecule has 0 saturated carbocycles. The molecule has 7 nitrogen and oxygen atoms in total. The maximum Gasteiger partial charge on any atom is 0.337 e. The first-order valence-corrected chi connectivity index (χ1v) is 8.24. The molecule has 2 aromatic carbocycles. The largest absolute Gasteiger partial charge is 0.465 e. The molecule has 26 heavy (non-hydrogen) atoms. The van der Waals surface area contributed by atoms with E-state index in [4.69, 9.17) is 9.84 Å². The van der Waals surface area contributed by atoms with E-state index in [0.29, 0.717) is 30.4 Å². The standard InChI is InChI=1S/C19H20N4O3/c1-26-18(25)14-8-6-13(7-9-14)12-21-19-22-16-5-3-2-4-15(16)17(23-19)20-10-11-24/h2-9,24H,10-12H2,1H3,(H2,20,21,22,23).